The smallest absolute Gasteiger partial charge is 0.241 e. The minimum Gasteiger partial charge on any atom is -0.326 e. The molecule has 0 aliphatic heterocycles. The molecule has 0 fully saturated rings. The molecule has 0 aromatic carbocycles. The van der Waals surface area contributed by atoms with Gasteiger partial charge in [0.2, 0.25) is 10.0 Å². The first kappa shape index (κ1) is 14.7. The maximum Gasteiger partial charge on any atom is 0.241 e. The molecule has 2 heterocycles. The molecule has 19 heavy (non-hydrogen) atoms. The van der Waals surface area contributed by atoms with Gasteiger partial charge in [-0.3, -0.25) is 0 Å². The Hall–Kier alpha value is -0.730. The van der Waals surface area contributed by atoms with Crippen LogP contribution in [0.4, 0.5) is 0 Å². The average Bonchev–Trinajstić information content (AvgIpc) is 2.95. The number of aryl methyl sites for hydroxylation is 2. The quantitative estimate of drug-likeness (QED) is 0.889. The summed E-state index contributed by atoms with van der Waals surface area (Å²) in [5.74, 6) is 0. The second-order valence-corrected chi connectivity index (χ2v) is 8.33. The molecule has 2 rings (SSSR count). The van der Waals surface area contributed by atoms with Crippen molar-refractivity contribution in [3.05, 3.63) is 37.7 Å². The van der Waals surface area contributed by atoms with E-state index in [1.807, 2.05) is 19.9 Å². The first-order valence-corrected chi connectivity index (χ1v) is 8.93. The lowest BCUT2D eigenvalue weighted by Gasteiger charge is -2.02. The van der Waals surface area contributed by atoms with Crippen molar-refractivity contribution < 1.29 is 8.42 Å². The minimum absolute atomic E-state index is 0.294. The molecule has 0 atom stereocenters. The average molecular weight is 316 g/mol. The van der Waals surface area contributed by atoms with E-state index in [9.17, 15) is 8.42 Å². The summed E-state index contributed by atoms with van der Waals surface area (Å²) < 4.78 is 26.8. The summed E-state index contributed by atoms with van der Waals surface area (Å²) in [5.41, 5.74) is 6.68. The molecule has 3 N–H and O–H groups in total. The van der Waals surface area contributed by atoms with E-state index >= 15 is 0 Å². The van der Waals surface area contributed by atoms with Crippen LogP contribution in [-0.2, 0) is 23.1 Å². The third-order valence-corrected chi connectivity index (χ3v) is 6.44. The van der Waals surface area contributed by atoms with Crippen LogP contribution in [0.3, 0.4) is 0 Å². The lowest BCUT2D eigenvalue weighted by atomic mass is 10.3. The lowest BCUT2D eigenvalue weighted by molar-refractivity contribution is 0.582. The van der Waals surface area contributed by atoms with Crippen molar-refractivity contribution >= 4 is 32.7 Å². The Kier molecular flexibility index (Phi) is 4.42. The van der Waals surface area contributed by atoms with Crippen LogP contribution in [0.1, 0.15) is 20.2 Å². The van der Waals surface area contributed by atoms with Gasteiger partial charge in [0.1, 0.15) is 0 Å². The molecule has 0 aliphatic carbocycles. The zero-order valence-electron chi connectivity index (χ0n) is 10.8. The zero-order valence-corrected chi connectivity index (χ0v) is 13.2. The largest absolute Gasteiger partial charge is 0.326 e. The van der Waals surface area contributed by atoms with Gasteiger partial charge in [0.15, 0.2) is 0 Å². The van der Waals surface area contributed by atoms with Crippen molar-refractivity contribution in [2.24, 2.45) is 5.73 Å². The van der Waals surface area contributed by atoms with Crippen LogP contribution in [0, 0.1) is 13.8 Å². The SMILES string of the molecule is Cc1cc(CNS(=O)(=O)c2csc(CN)c2)sc1C. The molecule has 0 unspecified atom stereocenters. The van der Waals surface area contributed by atoms with E-state index in [4.69, 9.17) is 5.73 Å². The summed E-state index contributed by atoms with van der Waals surface area (Å²) in [4.78, 5) is 3.40. The fourth-order valence-electron chi connectivity index (χ4n) is 1.59. The number of sulfonamides is 1. The highest BCUT2D eigenvalue weighted by molar-refractivity contribution is 7.89. The Morgan fingerprint density at radius 3 is 2.53 bits per heavy atom. The topological polar surface area (TPSA) is 72.2 Å². The summed E-state index contributed by atoms with van der Waals surface area (Å²) in [6, 6.07) is 3.64. The Labute approximate surface area is 121 Å². The predicted octanol–water partition coefficient (Wildman–Crippen LogP) is 2.36. The highest BCUT2D eigenvalue weighted by atomic mass is 32.2. The molecular weight excluding hydrogens is 300 g/mol. The predicted molar refractivity (Wildman–Crippen MR) is 80.0 cm³/mol. The van der Waals surface area contributed by atoms with Crippen molar-refractivity contribution in [1.82, 2.24) is 4.72 Å². The van der Waals surface area contributed by atoms with E-state index in [2.05, 4.69) is 4.72 Å². The van der Waals surface area contributed by atoms with E-state index in [0.29, 0.717) is 18.0 Å². The summed E-state index contributed by atoms with van der Waals surface area (Å²) in [7, 11) is -3.44. The van der Waals surface area contributed by atoms with Crippen LogP contribution >= 0.6 is 22.7 Å². The third-order valence-electron chi connectivity index (χ3n) is 2.79. The van der Waals surface area contributed by atoms with Crippen molar-refractivity contribution in [2.75, 3.05) is 0 Å². The fourth-order valence-corrected chi connectivity index (χ4v) is 4.84. The molecule has 0 aliphatic rings. The molecule has 104 valence electrons. The van der Waals surface area contributed by atoms with Gasteiger partial charge < -0.3 is 5.73 Å². The van der Waals surface area contributed by atoms with Gasteiger partial charge >= 0.3 is 0 Å². The zero-order chi connectivity index (χ0) is 14.0. The summed E-state index contributed by atoms with van der Waals surface area (Å²) >= 11 is 2.98. The van der Waals surface area contributed by atoms with Crippen LogP contribution in [-0.4, -0.2) is 8.42 Å². The molecule has 0 saturated heterocycles. The Bertz CT molecular complexity index is 651. The van der Waals surface area contributed by atoms with Crippen molar-refractivity contribution in [3.8, 4) is 0 Å². The molecule has 2 aromatic rings. The first-order valence-electron chi connectivity index (χ1n) is 5.75. The molecule has 2 aromatic heterocycles. The van der Waals surface area contributed by atoms with Crippen molar-refractivity contribution in [2.45, 2.75) is 31.8 Å². The van der Waals surface area contributed by atoms with Crippen molar-refractivity contribution in [1.29, 1.82) is 0 Å². The molecule has 0 radical (unpaired) electrons. The maximum atomic E-state index is 12.1. The second-order valence-electron chi connectivity index (χ2n) is 4.23. The van der Waals surface area contributed by atoms with Crippen LogP contribution in [0.15, 0.2) is 22.4 Å². The number of rotatable bonds is 5. The van der Waals surface area contributed by atoms with E-state index in [0.717, 1.165) is 9.75 Å². The second kappa shape index (κ2) is 5.72. The van der Waals surface area contributed by atoms with Gasteiger partial charge in [-0.1, -0.05) is 0 Å². The molecule has 4 nitrogen and oxygen atoms in total. The van der Waals surface area contributed by atoms with Gasteiger partial charge in [-0.25, -0.2) is 13.1 Å². The normalized spacial score (nSPS) is 11.9. The molecule has 0 saturated carbocycles. The lowest BCUT2D eigenvalue weighted by Crippen LogP contribution is -2.22. The van der Waals surface area contributed by atoms with Gasteiger partial charge in [-0.15, -0.1) is 22.7 Å². The van der Waals surface area contributed by atoms with E-state index < -0.39 is 10.0 Å². The van der Waals surface area contributed by atoms with Gasteiger partial charge in [-0.05, 0) is 31.5 Å². The Balaban J connectivity index is 2.09. The van der Waals surface area contributed by atoms with Gasteiger partial charge in [-0.2, -0.15) is 0 Å². The van der Waals surface area contributed by atoms with E-state index in [1.165, 1.54) is 21.8 Å². The Morgan fingerprint density at radius 1 is 1.26 bits per heavy atom. The fraction of sp³-hybridized carbons (Fsp3) is 0.333. The number of hydrogen-bond donors (Lipinski definition) is 2. The van der Waals surface area contributed by atoms with Crippen LogP contribution in [0.5, 0.6) is 0 Å². The summed E-state index contributed by atoms with van der Waals surface area (Å²) in [6.07, 6.45) is 0. The minimum atomic E-state index is -3.44. The van der Waals surface area contributed by atoms with Crippen LogP contribution in [0.2, 0.25) is 0 Å². The maximum absolute atomic E-state index is 12.1. The number of nitrogens with two attached hydrogens (primary N) is 1. The molecule has 0 amide bonds. The van der Waals surface area contributed by atoms with Crippen molar-refractivity contribution in [3.63, 3.8) is 0 Å². The number of nitrogens with one attached hydrogen (secondary N) is 1. The number of hydrogen-bond acceptors (Lipinski definition) is 5. The van der Waals surface area contributed by atoms with Gasteiger partial charge in [0, 0.05) is 33.1 Å². The van der Waals surface area contributed by atoms with Gasteiger partial charge in [0.25, 0.3) is 0 Å². The monoisotopic (exact) mass is 316 g/mol. The first-order chi connectivity index (χ1) is 8.92. The van der Waals surface area contributed by atoms with Gasteiger partial charge in [0.05, 0.1) is 4.90 Å². The summed E-state index contributed by atoms with van der Waals surface area (Å²) in [6.45, 7) is 4.75. The number of thiophene rings is 2. The molecule has 0 spiro atoms. The third kappa shape index (κ3) is 3.43. The Morgan fingerprint density at radius 2 is 2.00 bits per heavy atom. The van der Waals surface area contributed by atoms with Crippen LogP contribution in [0.25, 0.3) is 0 Å². The highest BCUT2D eigenvalue weighted by Crippen LogP contribution is 2.22. The standard InChI is InChI=1S/C12H16N2O2S3/c1-8-3-11(18-9(8)2)6-14-19(15,16)12-4-10(5-13)17-7-12/h3-4,7,14H,5-6,13H2,1-2H3. The molecule has 0 bridgehead atoms. The molecular formula is C12H16N2O2S3. The highest BCUT2D eigenvalue weighted by Gasteiger charge is 2.16. The summed E-state index contributed by atoms with van der Waals surface area (Å²) in [5, 5.41) is 1.62. The molecule has 7 heteroatoms. The van der Waals surface area contributed by atoms with E-state index in [1.54, 1.807) is 22.8 Å². The van der Waals surface area contributed by atoms with Crippen LogP contribution < -0.4 is 10.5 Å². The van der Waals surface area contributed by atoms with E-state index in [-0.39, 0.29) is 0 Å².